The standard InChI is InChI=1S/C18H33N3O4/c1-12-11-20(16(24)25-18(6,7)8)9-10-21(12)14(22)13(2)19-15(23)17(3,4)5/h12-13H,9-11H2,1-8H3,(H,19,23)/t12-,13-/m0/s1. The molecule has 1 rings (SSSR count). The van der Waals surface area contributed by atoms with Crippen LogP contribution in [0.25, 0.3) is 0 Å². The number of ether oxygens (including phenoxy) is 1. The quantitative estimate of drug-likeness (QED) is 0.822. The minimum absolute atomic E-state index is 0.131. The zero-order chi connectivity index (χ0) is 19.6. The zero-order valence-corrected chi connectivity index (χ0v) is 16.8. The second-order valence-corrected chi connectivity index (χ2v) is 8.75. The Balaban J connectivity index is 2.64. The van der Waals surface area contributed by atoms with Crippen LogP contribution >= 0.6 is 0 Å². The Morgan fingerprint density at radius 2 is 1.64 bits per heavy atom. The van der Waals surface area contributed by atoms with Crippen molar-refractivity contribution >= 4 is 17.9 Å². The van der Waals surface area contributed by atoms with E-state index >= 15 is 0 Å². The number of nitrogens with one attached hydrogen (secondary N) is 1. The Bertz CT molecular complexity index is 519. The molecule has 7 nitrogen and oxygen atoms in total. The van der Waals surface area contributed by atoms with Crippen LogP contribution < -0.4 is 5.32 Å². The van der Waals surface area contributed by atoms with E-state index in [0.29, 0.717) is 19.6 Å². The second kappa shape index (κ2) is 7.62. The Morgan fingerprint density at radius 3 is 2.08 bits per heavy atom. The van der Waals surface area contributed by atoms with Crippen molar-refractivity contribution in [2.75, 3.05) is 19.6 Å². The first-order valence-electron chi connectivity index (χ1n) is 8.82. The fraction of sp³-hybridized carbons (Fsp3) is 0.833. The third-order valence-corrected chi connectivity index (χ3v) is 3.96. The summed E-state index contributed by atoms with van der Waals surface area (Å²) in [5.74, 6) is -0.290. The number of carbonyl (C=O) groups is 3. The number of piperazine rings is 1. The number of hydrogen-bond acceptors (Lipinski definition) is 4. The average Bonchev–Trinajstić information content (AvgIpc) is 2.43. The molecular formula is C18H33N3O4. The fourth-order valence-corrected chi connectivity index (χ4v) is 2.50. The number of nitrogens with zero attached hydrogens (tertiary/aromatic N) is 2. The van der Waals surface area contributed by atoms with Crippen molar-refractivity contribution in [2.24, 2.45) is 5.41 Å². The molecule has 0 spiro atoms. The highest BCUT2D eigenvalue weighted by atomic mass is 16.6. The third-order valence-electron chi connectivity index (χ3n) is 3.96. The van der Waals surface area contributed by atoms with Crippen molar-refractivity contribution in [1.29, 1.82) is 0 Å². The molecule has 0 aliphatic carbocycles. The van der Waals surface area contributed by atoms with Gasteiger partial charge in [-0.05, 0) is 34.6 Å². The van der Waals surface area contributed by atoms with Gasteiger partial charge in [0.05, 0.1) is 0 Å². The predicted octanol–water partition coefficient (Wildman–Crippen LogP) is 2.00. The lowest BCUT2D eigenvalue weighted by atomic mass is 9.95. The summed E-state index contributed by atoms with van der Waals surface area (Å²) in [5.41, 5.74) is -1.09. The van der Waals surface area contributed by atoms with Crippen molar-refractivity contribution in [3.8, 4) is 0 Å². The molecule has 1 aliphatic heterocycles. The summed E-state index contributed by atoms with van der Waals surface area (Å²) >= 11 is 0. The minimum Gasteiger partial charge on any atom is -0.444 e. The summed E-state index contributed by atoms with van der Waals surface area (Å²) in [6.07, 6.45) is -0.361. The van der Waals surface area contributed by atoms with Gasteiger partial charge >= 0.3 is 6.09 Å². The van der Waals surface area contributed by atoms with Crippen molar-refractivity contribution in [2.45, 2.75) is 73.1 Å². The maximum Gasteiger partial charge on any atom is 0.410 e. The molecule has 25 heavy (non-hydrogen) atoms. The summed E-state index contributed by atoms with van der Waals surface area (Å²) < 4.78 is 5.39. The summed E-state index contributed by atoms with van der Waals surface area (Å²) in [6.45, 7) is 15.8. The van der Waals surface area contributed by atoms with Gasteiger partial charge in [-0.25, -0.2) is 4.79 Å². The molecule has 0 unspecified atom stereocenters. The molecule has 0 aromatic carbocycles. The van der Waals surface area contributed by atoms with E-state index in [4.69, 9.17) is 4.74 Å². The molecular weight excluding hydrogens is 322 g/mol. The first-order chi connectivity index (χ1) is 11.2. The summed E-state index contributed by atoms with van der Waals surface area (Å²) in [5, 5.41) is 2.77. The topological polar surface area (TPSA) is 79.0 Å². The molecule has 1 N–H and O–H groups in total. The molecule has 3 amide bonds. The van der Waals surface area contributed by atoms with Crippen LogP contribution in [0.4, 0.5) is 4.79 Å². The second-order valence-electron chi connectivity index (χ2n) is 8.75. The van der Waals surface area contributed by atoms with Crippen LogP contribution in [0.15, 0.2) is 0 Å². The van der Waals surface area contributed by atoms with Crippen LogP contribution in [-0.4, -0.2) is 65.0 Å². The van der Waals surface area contributed by atoms with Gasteiger partial charge < -0.3 is 19.9 Å². The van der Waals surface area contributed by atoms with Crippen molar-refractivity contribution < 1.29 is 19.1 Å². The van der Waals surface area contributed by atoms with E-state index in [1.54, 1.807) is 16.7 Å². The molecule has 0 saturated carbocycles. The molecule has 1 heterocycles. The molecule has 7 heteroatoms. The molecule has 0 bridgehead atoms. The minimum atomic E-state index is -0.595. The van der Waals surface area contributed by atoms with E-state index in [1.165, 1.54) is 0 Å². The summed E-state index contributed by atoms with van der Waals surface area (Å²) in [7, 11) is 0. The summed E-state index contributed by atoms with van der Waals surface area (Å²) in [4.78, 5) is 40.2. The van der Waals surface area contributed by atoms with E-state index in [0.717, 1.165) is 0 Å². The van der Waals surface area contributed by atoms with Gasteiger partial charge in [0.2, 0.25) is 11.8 Å². The van der Waals surface area contributed by atoms with Gasteiger partial charge in [0, 0.05) is 31.1 Å². The van der Waals surface area contributed by atoms with E-state index < -0.39 is 17.1 Å². The number of rotatable bonds is 2. The van der Waals surface area contributed by atoms with Gasteiger partial charge in [0.25, 0.3) is 0 Å². The van der Waals surface area contributed by atoms with Crippen LogP contribution in [-0.2, 0) is 14.3 Å². The maximum atomic E-state index is 12.7. The largest absolute Gasteiger partial charge is 0.444 e. The smallest absolute Gasteiger partial charge is 0.410 e. The molecule has 144 valence electrons. The van der Waals surface area contributed by atoms with Crippen LogP contribution in [0.1, 0.15) is 55.4 Å². The van der Waals surface area contributed by atoms with Gasteiger partial charge in [-0.2, -0.15) is 0 Å². The van der Waals surface area contributed by atoms with E-state index in [1.807, 2.05) is 48.5 Å². The highest BCUT2D eigenvalue weighted by molar-refractivity contribution is 5.89. The first kappa shape index (κ1) is 21.3. The monoisotopic (exact) mass is 355 g/mol. The molecule has 0 aromatic rings. The lowest BCUT2D eigenvalue weighted by Crippen LogP contribution is -2.59. The Morgan fingerprint density at radius 1 is 1.08 bits per heavy atom. The third kappa shape index (κ3) is 6.21. The molecule has 1 fully saturated rings. The van der Waals surface area contributed by atoms with Gasteiger partial charge in [0.1, 0.15) is 11.6 Å². The highest BCUT2D eigenvalue weighted by Gasteiger charge is 2.34. The van der Waals surface area contributed by atoms with Crippen LogP contribution in [0.2, 0.25) is 0 Å². The number of carbonyl (C=O) groups excluding carboxylic acids is 3. The van der Waals surface area contributed by atoms with Crippen LogP contribution in [0.3, 0.4) is 0 Å². The predicted molar refractivity (Wildman–Crippen MR) is 96.0 cm³/mol. The lowest BCUT2D eigenvalue weighted by Gasteiger charge is -2.41. The number of hydrogen-bond donors (Lipinski definition) is 1. The zero-order valence-electron chi connectivity index (χ0n) is 16.8. The summed E-state index contributed by atoms with van der Waals surface area (Å²) in [6, 6.07) is -0.731. The molecule has 1 aliphatic rings. The van der Waals surface area contributed by atoms with Crippen LogP contribution in [0, 0.1) is 5.41 Å². The van der Waals surface area contributed by atoms with E-state index in [9.17, 15) is 14.4 Å². The molecule has 0 radical (unpaired) electrons. The Kier molecular flexibility index (Phi) is 6.48. The van der Waals surface area contributed by atoms with Gasteiger partial charge in [-0.3, -0.25) is 9.59 Å². The van der Waals surface area contributed by atoms with Gasteiger partial charge in [-0.15, -0.1) is 0 Å². The van der Waals surface area contributed by atoms with Gasteiger partial charge in [0.15, 0.2) is 0 Å². The Labute approximate surface area is 151 Å². The molecule has 1 saturated heterocycles. The lowest BCUT2D eigenvalue weighted by molar-refractivity contribution is -0.141. The van der Waals surface area contributed by atoms with Crippen molar-refractivity contribution in [1.82, 2.24) is 15.1 Å². The van der Waals surface area contributed by atoms with E-state index in [-0.39, 0.29) is 23.9 Å². The average molecular weight is 355 g/mol. The fourth-order valence-electron chi connectivity index (χ4n) is 2.50. The van der Waals surface area contributed by atoms with Gasteiger partial charge in [-0.1, -0.05) is 20.8 Å². The van der Waals surface area contributed by atoms with Crippen molar-refractivity contribution in [3.63, 3.8) is 0 Å². The molecule has 0 aromatic heterocycles. The maximum absolute atomic E-state index is 12.7. The number of amides is 3. The highest BCUT2D eigenvalue weighted by Crippen LogP contribution is 2.17. The molecule has 2 atom stereocenters. The normalized spacial score (nSPS) is 20.1. The van der Waals surface area contributed by atoms with Crippen molar-refractivity contribution in [3.05, 3.63) is 0 Å². The van der Waals surface area contributed by atoms with Crippen LogP contribution in [0.5, 0.6) is 0 Å². The Hall–Kier alpha value is -1.79. The SMILES string of the molecule is C[C@H](NC(=O)C(C)(C)C)C(=O)N1CCN(C(=O)OC(C)(C)C)C[C@@H]1C. The van der Waals surface area contributed by atoms with E-state index in [2.05, 4.69) is 5.32 Å². The first-order valence-corrected chi connectivity index (χ1v) is 8.82.